The normalized spacial score (nSPS) is 19.0. The highest BCUT2D eigenvalue weighted by molar-refractivity contribution is 6.35. The maximum Gasteiger partial charge on any atom is 0.326 e. The molecule has 4 nitrogen and oxygen atoms in total. The average molecular weight is 277 g/mol. The first-order chi connectivity index (χ1) is 9.18. The lowest BCUT2D eigenvalue weighted by Gasteiger charge is -2.25. The Balaban J connectivity index is 2.15. The fourth-order valence-corrected chi connectivity index (χ4v) is 2.91. The molecule has 0 aliphatic carbocycles. The zero-order valence-corrected chi connectivity index (χ0v) is 11.0. The molecule has 2 aromatic rings. The molecule has 1 aromatic carbocycles. The molecule has 2 heterocycles. The highest BCUT2D eigenvalue weighted by atomic mass is 35.5. The van der Waals surface area contributed by atoms with Crippen molar-refractivity contribution in [1.82, 2.24) is 4.98 Å². The van der Waals surface area contributed by atoms with Crippen molar-refractivity contribution in [2.75, 3.05) is 11.4 Å². The molecule has 1 N–H and O–H groups in total. The van der Waals surface area contributed by atoms with Crippen molar-refractivity contribution in [1.29, 1.82) is 0 Å². The lowest BCUT2D eigenvalue weighted by Crippen LogP contribution is -2.36. The number of rotatable bonds is 2. The van der Waals surface area contributed by atoms with Gasteiger partial charge in [0.2, 0.25) is 0 Å². The predicted molar refractivity (Wildman–Crippen MR) is 74.8 cm³/mol. The Morgan fingerprint density at radius 1 is 1.42 bits per heavy atom. The topological polar surface area (TPSA) is 53.4 Å². The van der Waals surface area contributed by atoms with E-state index < -0.39 is 12.0 Å². The van der Waals surface area contributed by atoms with E-state index in [4.69, 9.17) is 11.6 Å². The maximum atomic E-state index is 11.3. The third-order valence-electron chi connectivity index (χ3n) is 3.55. The number of fused-ring (bicyclic) bond motifs is 1. The smallest absolute Gasteiger partial charge is 0.326 e. The second kappa shape index (κ2) is 4.70. The van der Waals surface area contributed by atoms with Gasteiger partial charge in [-0.1, -0.05) is 23.7 Å². The van der Waals surface area contributed by atoms with Gasteiger partial charge in [0, 0.05) is 23.8 Å². The lowest BCUT2D eigenvalue weighted by molar-refractivity contribution is -0.138. The van der Waals surface area contributed by atoms with Crippen LogP contribution in [0.3, 0.4) is 0 Å². The van der Waals surface area contributed by atoms with Crippen molar-refractivity contribution in [2.24, 2.45) is 0 Å². The quantitative estimate of drug-likeness (QED) is 0.916. The van der Waals surface area contributed by atoms with Gasteiger partial charge < -0.3 is 10.0 Å². The third kappa shape index (κ3) is 2.02. The van der Waals surface area contributed by atoms with E-state index in [1.807, 2.05) is 23.1 Å². The monoisotopic (exact) mass is 276 g/mol. The van der Waals surface area contributed by atoms with Crippen LogP contribution in [0.25, 0.3) is 10.9 Å². The van der Waals surface area contributed by atoms with Crippen molar-refractivity contribution in [2.45, 2.75) is 18.9 Å². The largest absolute Gasteiger partial charge is 0.480 e. The van der Waals surface area contributed by atoms with E-state index in [1.165, 1.54) is 0 Å². The van der Waals surface area contributed by atoms with E-state index in [1.54, 1.807) is 12.3 Å². The number of aromatic nitrogens is 1. The molecule has 0 unspecified atom stereocenters. The number of hydrogen-bond donors (Lipinski definition) is 1. The molecule has 0 radical (unpaired) electrons. The van der Waals surface area contributed by atoms with Gasteiger partial charge in [-0.3, -0.25) is 4.98 Å². The first-order valence-electron chi connectivity index (χ1n) is 6.21. The van der Waals surface area contributed by atoms with Crippen LogP contribution in [0, 0.1) is 0 Å². The highest BCUT2D eigenvalue weighted by Crippen LogP contribution is 2.33. The molecule has 1 saturated heterocycles. The van der Waals surface area contributed by atoms with Crippen molar-refractivity contribution in [3.63, 3.8) is 0 Å². The van der Waals surface area contributed by atoms with Crippen molar-refractivity contribution >= 4 is 34.2 Å². The van der Waals surface area contributed by atoms with Gasteiger partial charge >= 0.3 is 5.97 Å². The first-order valence-corrected chi connectivity index (χ1v) is 6.59. The zero-order chi connectivity index (χ0) is 13.4. The van der Waals surface area contributed by atoms with Gasteiger partial charge in [0.1, 0.15) is 6.04 Å². The Morgan fingerprint density at radius 2 is 2.26 bits per heavy atom. The Morgan fingerprint density at radius 3 is 3.05 bits per heavy atom. The van der Waals surface area contributed by atoms with Crippen molar-refractivity contribution in [3.8, 4) is 0 Å². The van der Waals surface area contributed by atoms with Crippen molar-refractivity contribution < 1.29 is 9.90 Å². The summed E-state index contributed by atoms with van der Waals surface area (Å²) in [7, 11) is 0. The number of benzene rings is 1. The van der Waals surface area contributed by atoms with E-state index in [0.29, 0.717) is 11.4 Å². The highest BCUT2D eigenvalue weighted by Gasteiger charge is 2.31. The van der Waals surface area contributed by atoms with Gasteiger partial charge in [0.15, 0.2) is 0 Å². The number of hydrogen-bond acceptors (Lipinski definition) is 3. The molecule has 98 valence electrons. The van der Waals surface area contributed by atoms with E-state index >= 15 is 0 Å². The van der Waals surface area contributed by atoms with E-state index in [0.717, 1.165) is 29.6 Å². The summed E-state index contributed by atoms with van der Waals surface area (Å²) >= 11 is 6.14. The number of halogens is 1. The van der Waals surface area contributed by atoms with Gasteiger partial charge in [-0.15, -0.1) is 0 Å². The predicted octanol–water partition coefficient (Wildman–Crippen LogP) is 2.94. The van der Waals surface area contributed by atoms with E-state index in [-0.39, 0.29) is 0 Å². The molecule has 0 bridgehead atoms. The summed E-state index contributed by atoms with van der Waals surface area (Å²) in [4.78, 5) is 17.5. The molecule has 1 atom stereocenters. The van der Waals surface area contributed by atoms with Crippen LogP contribution in [0.2, 0.25) is 5.02 Å². The van der Waals surface area contributed by atoms with Crippen LogP contribution in [-0.4, -0.2) is 28.6 Å². The number of carbonyl (C=O) groups is 1. The molecule has 0 saturated carbocycles. The van der Waals surface area contributed by atoms with Gasteiger partial charge in [-0.2, -0.15) is 0 Å². The van der Waals surface area contributed by atoms with Gasteiger partial charge in [0.05, 0.1) is 10.5 Å². The summed E-state index contributed by atoms with van der Waals surface area (Å²) in [5, 5.41) is 10.8. The average Bonchev–Trinajstić information content (AvgIpc) is 2.88. The second-order valence-corrected chi connectivity index (χ2v) is 5.06. The van der Waals surface area contributed by atoms with Crippen LogP contribution < -0.4 is 4.90 Å². The number of anilines is 1. The van der Waals surface area contributed by atoms with E-state index in [2.05, 4.69) is 4.98 Å². The SMILES string of the molecule is O=C(O)[C@H]1CCCN1c1ccnc2c(Cl)cccc12. The summed E-state index contributed by atoms with van der Waals surface area (Å²) < 4.78 is 0. The fraction of sp³-hybridized carbons (Fsp3) is 0.286. The molecular formula is C14H13ClN2O2. The number of para-hydroxylation sites is 1. The van der Waals surface area contributed by atoms with Crippen LogP contribution >= 0.6 is 11.6 Å². The Labute approximate surface area is 115 Å². The Hall–Kier alpha value is -1.81. The summed E-state index contributed by atoms with van der Waals surface area (Å²) in [6.45, 7) is 0.753. The number of pyridine rings is 1. The van der Waals surface area contributed by atoms with Crippen molar-refractivity contribution in [3.05, 3.63) is 35.5 Å². The second-order valence-electron chi connectivity index (χ2n) is 4.66. The van der Waals surface area contributed by atoms with E-state index in [9.17, 15) is 9.90 Å². The first kappa shape index (κ1) is 12.2. The summed E-state index contributed by atoms with van der Waals surface area (Å²) in [6, 6.07) is 6.99. The minimum Gasteiger partial charge on any atom is -0.480 e. The van der Waals surface area contributed by atoms with Crippen LogP contribution in [0.1, 0.15) is 12.8 Å². The molecule has 0 amide bonds. The number of aliphatic carboxylic acids is 1. The lowest BCUT2D eigenvalue weighted by atomic mass is 10.1. The summed E-state index contributed by atoms with van der Waals surface area (Å²) in [6.07, 6.45) is 3.25. The minimum atomic E-state index is -0.774. The summed E-state index contributed by atoms with van der Waals surface area (Å²) in [5.74, 6) is -0.774. The molecule has 1 aliphatic rings. The Kier molecular flexibility index (Phi) is 3.03. The molecular weight excluding hydrogens is 264 g/mol. The summed E-state index contributed by atoms with van der Waals surface area (Å²) in [5.41, 5.74) is 1.62. The molecule has 3 rings (SSSR count). The maximum absolute atomic E-state index is 11.3. The molecule has 1 fully saturated rings. The van der Waals surface area contributed by atoms with Crippen LogP contribution in [-0.2, 0) is 4.79 Å². The molecule has 19 heavy (non-hydrogen) atoms. The molecule has 1 aromatic heterocycles. The standard InChI is InChI=1S/C14H13ClN2O2/c15-10-4-1-3-9-11(6-7-16-13(9)10)17-8-2-5-12(17)14(18)19/h1,3-4,6-7,12H,2,5,8H2,(H,18,19)/t12-/m1/s1. The van der Waals surface area contributed by atoms with Gasteiger partial charge in [-0.05, 0) is 25.0 Å². The minimum absolute atomic E-state index is 0.454. The third-order valence-corrected chi connectivity index (χ3v) is 3.85. The number of carboxylic acid groups (broad SMARTS) is 1. The number of nitrogens with zero attached hydrogens (tertiary/aromatic N) is 2. The fourth-order valence-electron chi connectivity index (χ4n) is 2.69. The molecule has 0 spiro atoms. The van der Waals surface area contributed by atoms with Crippen LogP contribution in [0.15, 0.2) is 30.5 Å². The van der Waals surface area contributed by atoms with Crippen LogP contribution in [0.4, 0.5) is 5.69 Å². The Bertz CT molecular complexity index is 644. The zero-order valence-electron chi connectivity index (χ0n) is 10.2. The van der Waals surface area contributed by atoms with Gasteiger partial charge in [0.25, 0.3) is 0 Å². The van der Waals surface area contributed by atoms with Gasteiger partial charge in [-0.25, -0.2) is 4.79 Å². The molecule has 5 heteroatoms. The number of carboxylic acids is 1. The van der Waals surface area contributed by atoms with Crippen LogP contribution in [0.5, 0.6) is 0 Å². The molecule has 1 aliphatic heterocycles.